The summed E-state index contributed by atoms with van der Waals surface area (Å²) < 4.78 is 23.4. The zero-order chi connectivity index (χ0) is 11.4. The van der Waals surface area contributed by atoms with Gasteiger partial charge in [-0.15, -0.1) is 0 Å². The van der Waals surface area contributed by atoms with Crippen molar-refractivity contribution in [1.82, 2.24) is 9.97 Å². The molecule has 0 saturated carbocycles. The van der Waals surface area contributed by atoms with Crippen LogP contribution in [-0.4, -0.2) is 35.5 Å². The van der Waals surface area contributed by atoms with Gasteiger partial charge in [-0.3, -0.25) is 0 Å². The van der Waals surface area contributed by atoms with E-state index in [1.165, 1.54) is 0 Å². The molecule has 0 amide bonds. The molecule has 0 spiro atoms. The summed E-state index contributed by atoms with van der Waals surface area (Å²) in [5.41, 5.74) is 0. The van der Waals surface area contributed by atoms with Crippen LogP contribution in [0.15, 0.2) is 12.4 Å². The molecule has 1 aliphatic rings. The number of aromatic nitrogens is 2. The van der Waals surface area contributed by atoms with Crippen LogP contribution in [0, 0.1) is 5.82 Å². The summed E-state index contributed by atoms with van der Waals surface area (Å²) in [5, 5.41) is 2.98. The highest BCUT2D eigenvalue weighted by Crippen LogP contribution is 2.22. The lowest BCUT2D eigenvalue weighted by Gasteiger charge is -2.21. The Morgan fingerprint density at radius 3 is 2.62 bits per heavy atom. The topological polar surface area (TPSA) is 56.3 Å². The van der Waals surface area contributed by atoms with Crippen LogP contribution in [0.5, 0.6) is 0 Å². The Labute approximate surface area is 93.0 Å². The van der Waals surface area contributed by atoms with Crippen LogP contribution in [-0.2, 0) is 9.47 Å². The first-order valence-electron chi connectivity index (χ1n) is 5.17. The molecule has 0 aliphatic carbocycles. The van der Waals surface area contributed by atoms with Gasteiger partial charge in [0.1, 0.15) is 0 Å². The summed E-state index contributed by atoms with van der Waals surface area (Å²) in [6.07, 6.45) is 2.94. The van der Waals surface area contributed by atoms with Crippen molar-refractivity contribution < 1.29 is 13.9 Å². The molecule has 0 bridgehead atoms. The SMILES string of the molecule is CC1(CCNc2ncc(F)cn2)OCCO1. The Kier molecular flexibility index (Phi) is 3.31. The van der Waals surface area contributed by atoms with E-state index in [-0.39, 0.29) is 0 Å². The molecule has 16 heavy (non-hydrogen) atoms. The summed E-state index contributed by atoms with van der Waals surface area (Å²) in [4.78, 5) is 7.57. The van der Waals surface area contributed by atoms with E-state index >= 15 is 0 Å². The highest BCUT2D eigenvalue weighted by Gasteiger charge is 2.30. The van der Waals surface area contributed by atoms with Crippen molar-refractivity contribution in [1.29, 1.82) is 0 Å². The molecule has 88 valence electrons. The fourth-order valence-corrected chi connectivity index (χ4v) is 1.51. The third kappa shape index (κ3) is 2.86. The number of nitrogens with one attached hydrogen (secondary N) is 1. The van der Waals surface area contributed by atoms with E-state index in [2.05, 4.69) is 15.3 Å². The third-order valence-electron chi connectivity index (χ3n) is 2.38. The molecule has 0 radical (unpaired) electrons. The van der Waals surface area contributed by atoms with Crippen LogP contribution in [0.25, 0.3) is 0 Å². The fourth-order valence-electron chi connectivity index (χ4n) is 1.51. The molecule has 1 saturated heterocycles. The zero-order valence-electron chi connectivity index (χ0n) is 9.07. The molecule has 1 aromatic heterocycles. The Morgan fingerprint density at radius 2 is 2.00 bits per heavy atom. The van der Waals surface area contributed by atoms with Crippen LogP contribution in [0.3, 0.4) is 0 Å². The van der Waals surface area contributed by atoms with Crippen LogP contribution < -0.4 is 5.32 Å². The minimum atomic E-state index is -0.521. The van der Waals surface area contributed by atoms with E-state index in [4.69, 9.17) is 9.47 Å². The van der Waals surface area contributed by atoms with Gasteiger partial charge in [0.25, 0.3) is 0 Å². The van der Waals surface area contributed by atoms with Gasteiger partial charge in [-0.1, -0.05) is 0 Å². The summed E-state index contributed by atoms with van der Waals surface area (Å²) in [6, 6.07) is 0. The van der Waals surface area contributed by atoms with Gasteiger partial charge >= 0.3 is 0 Å². The largest absolute Gasteiger partial charge is 0.354 e. The van der Waals surface area contributed by atoms with E-state index in [0.29, 0.717) is 32.1 Å². The second-order valence-electron chi connectivity index (χ2n) is 3.73. The summed E-state index contributed by atoms with van der Waals surface area (Å²) >= 11 is 0. The third-order valence-corrected chi connectivity index (χ3v) is 2.38. The average molecular weight is 227 g/mol. The number of rotatable bonds is 4. The summed E-state index contributed by atoms with van der Waals surface area (Å²) in [7, 11) is 0. The van der Waals surface area contributed by atoms with E-state index in [9.17, 15) is 4.39 Å². The van der Waals surface area contributed by atoms with Gasteiger partial charge in [-0.25, -0.2) is 14.4 Å². The normalized spacial score (nSPS) is 18.6. The van der Waals surface area contributed by atoms with Gasteiger partial charge in [-0.05, 0) is 6.92 Å². The van der Waals surface area contributed by atoms with Crippen molar-refractivity contribution in [3.8, 4) is 0 Å². The van der Waals surface area contributed by atoms with Crippen molar-refractivity contribution in [2.75, 3.05) is 25.1 Å². The van der Waals surface area contributed by atoms with E-state index < -0.39 is 11.6 Å². The van der Waals surface area contributed by atoms with Gasteiger partial charge in [0, 0.05) is 13.0 Å². The van der Waals surface area contributed by atoms with Crippen LogP contribution in [0.1, 0.15) is 13.3 Å². The molecule has 0 atom stereocenters. The monoisotopic (exact) mass is 227 g/mol. The molecule has 5 nitrogen and oxygen atoms in total. The number of nitrogens with zero attached hydrogens (tertiary/aromatic N) is 2. The second kappa shape index (κ2) is 4.71. The number of anilines is 1. The van der Waals surface area contributed by atoms with Gasteiger partial charge in [-0.2, -0.15) is 0 Å². The molecule has 1 fully saturated rings. The Morgan fingerprint density at radius 1 is 1.38 bits per heavy atom. The minimum absolute atomic E-state index is 0.406. The van der Waals surface area contributed by atoms with Gasteiger partial charge < -0.3 is 14.8 Å². The first kappa shape index (κ1) is 11.2. The van der Waals surface area contributed by atoms with Crippen molar-refractivity contribution >= 4 is 5.95 Å². The predicted molar refractivity (Wildman–Crippen MR) is 55.4 cm³/mol. The lowest BCUT2D eigenvalue weighted by molar-refractivity contribution is -0.144. The maximum Gasteiger partial charge on any atom is 0.222 e. The first-order valence-corrected chi connectivity index (χ1v) is 5.17. The van der Waals surface area contributed by atoms with Crippen LogP contribution >= 0.6 is 0 Å². The van der Waals surface area contributed by atoms with E-state index in [1.54, 1.807) is 0 Å². The molecular weight excluding hydrogens is 213 g/mol. The molecule has 1 aromatic rings. The highest BCUT2D eigenvalue weighted by molar-refractivity contribution is 5.22. The molecular formula is C10H14FN3O2. The number of halogens is 1. The van der Waals surface area contributed by atoms with Crippen molar-refractivity contribution in [2.24, 2.45) is 0 Å². The summed E-state index contributed by atoms with van der Waals surface area (Å²) in [6.45, 7) is 3.77. The highest BCUT2D eigenvalue weighted by atomic mass is 19.1. The molecule has 0 aromatic carbocycles. The minimum Gasteiger partial charge on any atom is -0.354 e. The molecule has 2 rings (SSSR count). The van der Waals surface area contributed by atoms with Crippen LogP contribution in [0.2, 0.25) is 0 Å². The average Bonchev–Trinajstić information content (AvgIpc) is 2.69. The Bertz CT molecular complexity index is 338. The van der Waals surface area contributed by atoms with Gasteiger partial charge in [0.05, 0.1) is 25.6 Å². The number of ether oxygens (including phenoxy) is 2. The van der Waals surface area contributed by atoms with E-state index in [0.717, 1.165) is 12.4 Å². The standard InChI is InChI=1S/C10H14FN3O2/c1-10(15-4-5-16-10)2-3-12-9-13-6-8(11)7-14-9/h6-7H,2-5H2,1H3,(H,12,13,14). The Hall–Kier alpha value is -1.27. The van der Waals surface area contributed by atoms with Gasteiger partial charge in [0.2, 0.25) is 5.95 Å². The van der Waals surface area contributed by atoms with Gasteiger partial charge in [0.15, 0.2) is 11.6 Å². The summed E-state index contributed by atoms with van der Waals surface area (Å²) in [5.74, 6) is -0.560. The van der Waals surface area contributed by atoms with Crippen molar-refractivity contribution in [3.63, 3.8) is 0 Å². The lowest BCUT2D eigenvalue weighted by atomic mass is 10.2. The van der Waals surface area contributed by atoms with Crippen molar-refractivity contribution in [2.45, 2.75) is 19.1 Å². The first-order chi connectivity index (χ1) is 7.68. The lowest BCUT2D eigenvalue weighted by Crippen LogP contribution is -2.28. The predicted octanol–water partition coefficient (Wildman–Crippen LogP) is 1.18. The molecule has 1 aliphatic heterocycles. The smallest absolute Gasteiger partial charge is 0.222 e. The zero-order valence-corrected chi connectivity index (χ0v) is 9.07. The second-order valence-corrected chi connectivity index (χ2v) is 3.73. The fraction of sp³-hybridized carbons (Fsp3) is 0.600. The van der Waals surface area contributed by atoms with Crippen LogP contribution in [0.4, 0.5) is 10.3 Å². The molecule has 1 N–H and O–H groups in total. The molecule has 2 heterocycles. The van der Waals surface area contributed by atoms with E-state index in [1.807, 2.05) is 6.92 Å². The molecule has 0 unspecified atom stereocenters. The number of hydrogen-bond acceptors (Lipinski definition) is 5. The maximum absolute atomic E-state index is 12.5. The molecule has 6 heteroatoms. The van der Waals surface area contributed by atoms with Crippen molar-refractivity contribution in [3.05, 3.63) is 18.2 Å². The number of hydrogen-bond donors (Lipinski definition) is 1. The maximum atomic E-state index is 12.5. The Balaban J connectivity index is 1.77. The quantitative estimate of drug-likeness (QED) is 0.837.